The van der Waals surface area contributed by atoms with Crippen LogP contribution in [0.1, 0.15) is 11.1 Å². The van der Waals surface area contributed by atoms with Crippen molar-refractivity contribution in [2.24, 2.45) is 10.8 Å². The van der Waals surface area contributed by atoms with Crippen LogP contribution in [0, 0.1) is 6.92 Å². The number of rotatable bonds is 2. The summed E-state index contributed by atoms with van der Waals surface area (Å²) in [5, 5.41) is 3.57. The first-order valence-corrected chi connectivity index (χ1v) is 4.29. The number of primary amides is 1. The first kappa shape index (κ1) is 10.9. The van der Waals surface area contributed by atoms with Crippen molar-refractivity contribution in [2.45, 2.75) is 6.92 Å². The Hall–Kier alpha value is -2.17. The molecule has 15 heavy (non-hydrogen) atoms. The van der Waals surface area contributed by atoms with E-state index in [1.807, 2.05) is 36.6 Å². The Bertz CT molecular complexity index is 396. The van der Waals surface area contributed by atoms with E-state index in [0.29, 0.717) is 0 Å². The quantitative estimate of drug-likeness (QED) is 0.402. The summed E-state index contributed by atoms with van der Waals surface area (Å²) in [7, 11) is 0. The maximum absolute atomic E-state index is 10.7. The average Bonchev–Trinajstić information content (AvgIpc) is 2.20. The SMILES string of the molecule is Cc1ccc(/C=N/NC(=O)C(N)=O)cc1. The van der Waals surface area contributed by atoms with Gasteiger partial charge in [-0.15, -0.1) is 0 Å². The Morgan fingerprint density at radius 2 is 1.93 bits per heavy atom. The van der Waals surface area contributed by atoms with Gasteiger partial charge in [0, 0.05) is 0 Å². The molecule has 0 unspecified atom stereocenters. The predicted octanol–water partition coefficient (Wildman–Crippen LogP) is -0.0696. The van der Waals surface area contributed by atoms with Crippen molar-refractivity contribution in [2.75, 3.05) is 0 Å². The van der Waals surface area contributed by atoms with Gasteiger partial charge in [0.25, 0.3) is 0 Å². The fourth-order valence-electron chi connectivity index (χ4n) is 0.873. The summed E-state index contributed by atoms with van der Waals surface area (Å²) >= 11 is 0. The topological polar surface area (TPSA) is 84.6 Å². The van der Waals surface area contributed by atoms with E-state index < -0.39 is 11.8 Å². The number of hydrogen-bond donors (Lipinski definition) is 2. The molecule has 0 saturated heterocycles. The Morgan fingerprint density at radius 3 is 2.47 bits per heavy atom. The minimum absolute atomic E-state index is 0.824. The van der Waals surface area contributed by atoms with E-state index in [9.17, 15) is 9.59 Å². The van der Waals surface area contributed by atoms with Crippen LogP contribution in [0.4, 0.5) is 0 Å². The minimum atomic E-state index is -1.06. The molecule has 0 aliphatic carbocycles. The number of nitrogens with two attached hydrogens (primary N) is 1. The van der Waals surface area contributed by atoms with Crippen molar-refractivity contribution in [3.8, 4) is 0 Å². The molecular weight excluding hydrogens is 194 g/mol. The van der Waals surface area contributed by atoms with E-state index in [-0.39, 0.29) is 0 Å². The molecule has 0 aliphatic heterocycles. The number of aryl methyl sites for hydroxylation is 1. The van der Waals surface area contributed by atoms with E-state index in [1.165, 1.54) is 6.21 Å². The van der Waals surface area contributed by atoms with Gasteiger partial charge in [-0.3, -0.25) is 9.59 Å². The smallest absolute Gasteiger partial charge is 0.329 e. The van der Waals surface area contributed by atoms with Crippen LogP contribution in [-0.2, 0) is 9.59 Å². The zero-order chi connectivity index (χ0) is 11.3. The molecule has 5 nitrogen and oxygen atoms in total. The zero-order valence-electron chi connectivity index (χ0n) is 8.23. The Morgan fingerprint density at radius 1 is 1.33 bits per heavy atom. The van der Waals surface area contributed by atoms with Crippen molar-refractivity contribution in [3.63, 3.8) is 0 Å². The van der Waals surface area contributed by atoms with Gasteiger partial charge in [-0.2, -0.15) is 5.10 Å². The van der Waals surface area contributed by atoms with Crippen molar-refractivity contribution in [1.82, 2.24) is 5.43 Å². The molecule has 0 heterocycles. The summed E-state index contributed by atoms with van der Waals surface area (Å²) in [6.45, 7) is 1.97. The van der Waals surface area contributed by atoms with E-state index in [1.54, 1.807) is 0 Å². The second kappa shape index (κ2) is 4.90. The monoisotopic (exact) mass is 205 g/mol. The van der Waals surface area contributed by atoms with Gasteiger partial charge >= 0.3 is 11.8 Å². The van der Waals surface area contributed by atoms with Crippen LogP contribution < -0.4 is 11.2 Å². The van der Waals surface area contributed by atoms with Crippen molar-refractivity contribution < 1.29 is 9.59 Å². The third kappa shape index (κ3) is 3.60. The zero-order valence-corrected chi connectivity index (χ0v) is 8.23. The summed E-state index contributed by atoms with van der Waals surface area (Å²) in [5.41, 5.74) is 8.67. The summed E-state index contributed by atoms with van der Waals surface area (Å²) < 4.78 is 0. The van der Waals surface area contributed by atoms with Crippen LogP contribution in [0.5, 0.6) is 0 Å². The third-order valence-corrected chi connectivity index (χ3v) is 1.68. The molecule has 78 valence electrons. The number of amides is 2. The van der Waals surface area contributed by atoms with E-state index in [4.69, 9.17) is 5.73 Å². The van der Waals surface area contributed by atoms with Crippen LogP contribution in [0.2, 0.25) is 0 Å². The fraction of sp³-hybridized carbons (Fsp3) is 0.100. The highest BCUT2D eigenvalue weighted by Gasteiger charge is 2.04. The van der Waals surface area contributed by atoms with Crippen molar-refractivity contribution >= 4 is 18.0 Å². The second-order valence-corrected chi connectivity index (χ2v) is 2.97. The van der Waals surface area contributed by atoms with Gasteiger partial charge in [0.1, 0.15) is 0 Å². The molecular formula is C10H11N3O2. The molecule has 0 fully saturated rings. The summed E-state index contributed by atoms with van der Waals surface area (Å²) in [6, 6.07) is 7.51. The predicted molar refractivity (Wildman–Crippen MR) is 56.1 cm³/mol. The number of nitrogens with one attached hydrogen (secondary N) is 1. The van der Waals surface area contributed by atoms with Crippen LogP contribution in [-0.4, -0.2) is 18.0 Å². The van der Waals surface area contributed by atoms with Gasteiger partial charge in [-0.25, -0.2) is 5.43 Å². The van der Waals surface area contributed by atoms with E-state index in [0.717, 1.165) is 11.1 Å². The lowest BCUT2D eigenvalue weighted by molar-refractivity contribution is -0.137. The highest BCUT2D eigenvalue weighted by molar-refractivity contribution is 6.34. The number of benzene rings is 1. The molecule has 0 bridgehead atoms. The first-order valence-electron chi connectivity index (χ1n) is 4.29. The molecule has 0 saturated carbocycles. The Kier molecular flexibility index (Phi) is 3.56. The molecule has 2 amide bonds. The minimum Gasteiger partial charge on any atom is -0.361 e. The van der Waals surface area contributed by atoms with Gasteiger partial charge < -0.3 is 5.73 Å². The standard InChI is InChI=1S/C10H11N3O2/c1-7-2-4-8(5-3-7)6-12-13-10(15)9(11)14/h2-6H,1H3,(H2,11,14)(H,13,15)/b12-6+. The maximum Gasteiger partial charge on any atom is 0.329 e. The number of carbonyl (C=O) groups excluding carboxylic acids is 2. The number of nitrogens with zero attached hydrogens (tertiary/aromatic N) is 1. The number of hydrogen-bond acceptors (Lipinski definition) is 3. The maximum atomic E-state index is 10.7. The second-order valence-electron chi connectivity index (χ2n) is 2.97. The fourth-order valence-corrected chi connectivity index (χ4v) is 0.873. The Labute approximate surface area is 87.0 Å². The lowest BCUT2D eigenvalue weighted by Gasteiger charge is -1.95. The molecule has 1 aromatic rings. The van der Waals surface area contributed by atoms with Gasteiger partial charge in [0.2, 0.25) is 0 Å². The summed E-state index contributed by atoms with van der Waals surface area (Å²) in [4.78, 5) is 21.0. The molecule has 0 radical (unpaired) electrons. The largest absolute Gasteiger partial charge is 0.361 e. The lowest BCUT2D eigenvalue weighted by atomic mass is 10.2. The molecule has 5 heteroatoms. The normalized spacial score (nSPS) is 10.2. The number of carbonyl (C=O) groups is 2. The molecule has 3 N–H and O–H groups in total. The van der Waals surface area contributed by atoms with Crippen LogP contribution >= 0.6 is 0 Å². The summed E-state index contributed by atoms with van der Waals surface area (Å²) in [6.07, 6.45) is 1.43. The summed E-state index contributed by atoms with van der Waals surface area (Å²) in [5.74, 6) is -1.99. The van der Waals surface area contributed by atoms with Gasteiger partial charge in [0.15, 0.2) is 0 Å². The van der Waals surface area contributed by atoms with Crippen molar-refractivity contribution in [1.29, 1.82) is 0 Å². The van der Waals surface area contributed by atoms with E-state index in [2.05, 4.69) is 5.10 Å². The van der Waals surface area contributed by atoms with Crippen LogP contribution in [0.3, 0.4) is 0 Å². The van der Waals surface area contributed by atoms with Gasteiger partial charge in [-0.1, -0.05) is 29.8 Å². The van der Waals surface area contributed by atoms with Crippen LogP contribution in [0.15, 0.2) is 29.4 Å². The van der Waals surface area contributed by atoms with Gasteiger partial charge in [0.05, 0.1) is 6.21 Å². The molecule has 0 aliphatic rings. The Balaban J connectivity index is 2.55. The molecule has 0 aromatic heterocycles. The molecule has 1 aromatic carbocycles. The molecule has 0 spiro atoms. The lowest BCUT2D eigenvalue weighted by Crippen LogP contribution is -2.32. The average molecular weight is 205 g/mol. The third-order valence-electron chi connectivity index (χ3n) is 1.68. The molecule has 1 rings (SSSR count). The molecule has 0 atom stereocenters. The van der Waals surface area contributed by atoms with Gasteiger partial charge in [-0.05, 0) is 12.5 Å². The van der Waals surface area contributed by atoms with Crippen LogP contribution in [0.25, 0.3) is 0 Å². The first-order chi connectivity index (χ1) is 7.09. The highest BCUT2D eigenvalue weighted by atomic mass is 16.2. The number of hydrazone groups is 1. The van der Waals surface area contributed by atoms with Crippen molar-refractivity contribution in [3.05, 3.63) is 35.4 Å². The highest BCUT2D eigenvalue weighted by Crippen LogP contribution is 1.99. The van der Waals surface area contributed by atoms with E-state index >= 15 is 0 Å².